The molecule has 2 N–H and O–H groups in total. The van der Waals surface area contributed by atoms with Crippen LogP contribution in [0.1, 0.15) is 42.9 Å². The summed E-state index contributed by atoms with van der Waals surface area (Å²) in [7, 11) is 0. The second-order valence-electron chi connectivity index (χ2n) is 9.10. The molecule has 1 unspecified atom stereocenters. The van der Waals surface area contributed by atoms with Gasteiger partial charge in [0.1, 0.15) is 11.6 Å². The Labute approximate surface area is 205 Å². The Balaban J connectivity index is 1.34. The Morgan fingerprint density at radius 1 is 1.12 bits per heavy atom. The minimum atomic E-state index is -0.419. The third kappa shape index (κ3) is 4.86. The number of hydrogen-bond donors (Lipinski definition) is 2. The average Bonchev–Trinajstić information content (AvgIpc) is 2.89. The minimum absolute atomic E-state index is 0.231. The summed E-state index contributed by atoms with van der Waals surface area (Å²) in [5.41, 5.74) is 3.92. The monoisotopic (exact) mass is 473 g/mol. The van der Waals surface area contributed by atoms with Crippen LogP contribution in [0.25, 0.3) is 11.3 Å². The maximum absolute atomic E-state index is 9.72. The normalized spacial score (nSPS) is 19.0. The molecule has 0 saturated carbocycles. The number of fused-ring (bicyclic) bond motifs is 1. The van der Waals surface area contributed by atoms with E-state index in [9.17, 15) is 5.26 Å². The fourth-order valence-corrected chi connectivity index (χ4v) is 5.03. The Bertz CT molecular complexity index is 1200. The van der Waals surface area contributed by atoms with Crippen LogP contribution in [0.4, 0.5) is 11.6 Å². The van der Waals surface area contributed by atoms with Crippen LogP contribution in [0.3, 0.4) is 0 Å². The van der Waals surface area contributed by atoms with Crippen molar-refractivity contribution in [2.75, 3.05) is 30.4 Å². The molecule has 34 heavy (non-hydrogen) atoms. The molecule has 7 heteroatoms. The number of nitriles is 1. The molecule has 174 valence electrons. The van der Waals surface area contributed by atoms with Gasteiger partial charge in [-0.1, -0.05) is 41.9 Å². The summed E-state index contributed by atoms with van der Waals surface area (Å²) in [6.45, 7) is 1.79. The number of nitrogens with zero attached hydrogens (tertiary/aromatic N) is 3. The first-order valence-corrected chi connectivity index (χ1v) is 12.2. The highest BCUT2D eigenvalue weighted by atomic mass is 35.5. The predicted molar refractivity (Wildman–Crippen MR) is 135 cm³/mol. The van der Waals surface area contributed by atoms with Crippen molar-refractivity contribution in [1.29, 1.82) is 5.26 Å². The van der Waals surface area contributed by atoms with Crippen molar-refractivity contribution in [3.63, 3.8) is 0 Å². The van der Waals surface area contributed by atoms with Crippen molar-refractivity contribution in [2.45, 2.75) is 38.1 Å². The summed E-state index contributed by atoms with van der Waals surface area (Å²) in [6.07, 6.45) is 6.48. The Morgan fingerprint density at radius 2 is 1.97 bits per heavy atom. The molecule has 3 aromatic rings. The fraction of sp³-hybridized carbons (Fsp3) is 0.370. The number of rotatable bonds is 6. The van der Waals surface area contributed by atoms with Crippen LogP contribution in [-0.4, -0.2) is 29.7 Å². The first-order valence-electron chi connectivity index (χ1n) is 11.9. The summed E-state index contributed by atoms with van der Waals surface area (Å²) in [5.74, 6) is 1.51. The molecule has 2 aliphatic rings. The maximum Gasteiger partial charge on any atom is 0.127 e. The van der Waals surface area contributed by atoms with Gasteiger partial charge in [0, 0.05) is 31.5 Å². The average molecular weight is 474 g/mol. The van der Waals surface area contributed by atoms with Crippen LogP contribution < -0.4 is 10.6 Å². The number of benzene rings is 1. The quantitative estimate of drug-likeness (QED) is 0.455. The predicted octanol–water partition coefficient (Wildman–Crippen LogP) is 6.02. The largest absolute Gasteiger partial charge is 0.381 e. The lowest BCUT2D eigenvalue weighted by atomic mass is 9.82. The smallest absolute Gasteiger partial charge is 0.127 e. The molecule has 1 atom stereocenters. The molecule has 3 heterocycles. The Morgan fingerprint density at radius 3 is 2.82 bits per heavy atom. The van der Waals surface area contributed by atoms with E-state index in [1.54, 1.807) is 6.20 Å². The van der Waals surface area contributed by atoms with Crippen molar-refractivity contribution >= 4 is 23.2 Å². The summed E-state index contributed by atoms with van der Waals surface area (Å²) in [6, 6.07) is 19.1. The molecule has 5 rings (SSSR count). The van der Waals surface area contributed by atoms with Gasteiger partial charge in [0.15, 0.2) is 0 Å². The van der Waals surface area contributed by atoms with E-state index in [4.69, 9.17) is 21.3 Å². The van der Waals surface area contributed by atoms with E-state index in [0.717, 1.165) is 55.0 Å². The Hall–Kier alpha value is -3.14. The van der Waals surface area contributed by atoms with Crippen molar-refractivity contribution in [3.05, 3.63) is 70.9 Å². The second kappa shape index (κ2) is 10.0. The first-order chi connectivity index (χ1) is 16.7. The second-order valence-corrected chi connectivity index (χ2v) is 9.51. The molecule has 0 amide bonds. The van der Waals surface area contributed by atoms with E-state index in [-0.39, 0.29) is 6.04 Å². The van der Waals surface area contributed by atoms with Gasteiger partial charge in [0.25, 0.3) is 0 Å². The molecule has 1 aliphatic carbocycles. The van der Waals surface area contributed by atoms with Crippen LogP contribution in [0.2, 0.25) is 5.02 Å². The summed E-state index contributed by atoms with van der Waals surface area (Å²) < 4.78 is 5.43. The highest BCUT2D eigenvalue weighted by molar-refractivity contribution is 6.33. The SMILES string of the molecule is N#CC1(CNc2cccc(-c3cc(NC4CCCc5ccccc54)ncc3Cl)n2)CCOCC1. The van der Waals surface area contributed by atoms with Crippen molar-refractivity contribution in [1.82, 2.24) is 9.97 Å². The maximum atomic E-state index is 9.72. The number of halogens is 1. The van der Waals surface area contributed by atoms with Gasteiger partial charge >= 0.3 is 0 Å². The molecule has 0 bridgehead atoms. The van der Waals surface area contributed by atoms with Gasteiger partial charge in [0.2, 0.25) is 0 Å². The molecule has 0 radical (unpaired) electrons. The molecular weight excluding hydrogens is 446 g/mol. The van der Waals surface area contributed by atoms with E-state index in [1.807, 2.05) is 24.3 Å². The molecule has 2 aromatic heterocycles. The Kier molecular flexibility index (Phi) is 6.66. The lowest BCUT2D eigenvalue weighted by Gasteiger charge is -2.30. The van der Waals surface area contributed by atoms with Gasteiger partial charge in [-0.15, -0.1) is 0 Å². The van der Waals surface area contributed by atoms with E-state index in [0.29, 0.717) is 24.8 Å². The zero-order chi connectivity index (χ0) is 23.4. The third-order valence-corrected chi connectivity index (χ3v) is 7.17. The number of nitrogens with one attached hydrogen (secondary N) is 2. The minimum Gasteiger partial charge on any atom is -0.381 e. The molecule has 6 nitrogen and oxygen atoms in total. The number of ether oxygens (including phenoxy) is 1. The standard InChI is InChI=1S/C27H28ClN5O/c28-22-16-30-26(33-23-8-3-6-19-5-1-2-7-20(19)23)15-21(22)24-9-4-10-25(32-24)31-18-27(17-29)11-13-34-14-12-27/h1-2,4-5,7,9-10,15-16,23H,3,6,8,11-14,18H2,(H,30,33)(H,31,32). The number of anilines is 2. The fourth-order valence-electron chi connectivity index (χ4n) is 4.83. The van der Waals surface area contributed by atoms with Crippen LogP contribution in [0.15, 0.2) is 54.7 Å². The summed E-state index contributed by atoms with van der Waals surface area (Å²) in [4.78, 5) is 9.32. The van der Waals surface area contributed by atoms with Gasteiger partial charge in [-0.3, -0.25) is 0 Å². The lowest BCUT2D eigenvalue weighted by Crippen LogP contribution is -2.34. The molecule has 0 spiro atoms. The molecular formula is C27H28ClN5O. The molecule has 1 fully saturated rings. The zero-order valence-corrected chi connectivity index (χ0v) is 19.8. The van der Waals surface area contributed by atoms with Crippen molar-refractivity contribution in [3.8, 4) is 17.3 Å². The molecule has 1 saturated heterocycles. The number of aryl methyl sites for hydroxylation is 1. The van der Waals surface area contributed by atoms with Gasteiger partial charge < -0.3 is 15.4 Å². The number of pyridine rings is 2. The lowest BCUT2D eigenvalue weighted by molar-refractivity contribution is 0.0455. The van der Waals surface area contributed by atoms with Crippen LogP contribution in [0, 0.1) is 16.7 Å². The summed E-state index contributed by atoms with van der Waals surface area (Å²) in [5, 5.41) is 17.2. The molecule has 1 aliphatic heterocycles. The van der Waals surface area contributed by atoms with Crippen molar-refractivity contribution < 1.29 is 4.74 Å². The van der Waals surface area contributed by atoms with Gasteiger partial charge in [-0.05, 0) is 61.4 Å². The van der Waals surface area contributed by atoms with Gasteiger partial charge in [0.05, 0.1) is 28.2 Å². The van der Waals surface area contributed by atoms with Crippen LogP contribution >= 0.6 is 11.6 Å². The van der Waals surface area contributed by atoms with E-state index >= 15 is 0 Å². The number of aromatic nitrogens is 2. The first kappa shape index (κ1) is 22.6. The number of hydrogen-bond acceptors (Lipinski definition) is 6. The topological polar surface area (TPSA) is 82.9 Å². The summed E-state index contributed by atoms with van der Waals surface area (Å²) >= 11 is 6.54. The van der Waals surface area contributed by atoms with E-state index in [1.165, 1.54) is 11.1 Å². The van der Waals surface area contributed by atoms with Crippen LogP contribution in [0.5, 0.6) is 0 Å². The highest BCUT2D eigenvalue weighted by Gasteiger charge is 2.32. The van der Waals surface area contributed by atoms with Gasteiger partial charge in [-0.2, -0.15) is 5.26 Å². The van der Waals surface area contributed by atoms with E-state index in [2.05, 4.69) is 46.0 Å². The molecule has 1 aromatic carbocycles. The van der Waals surface area contributed by atoms with Crippen molar-refractivity contribution in [2.24, 2.45) is 5.41 Å². The third-order valence-electron chi connectivity index (χ3n) is 6.87. The highest BCUT2D eigenvalue weighted by Crippen LogP contribution is 2.35. The van der Waals surface area contributed by atoms with Gasteiger partial charge in [-0.25, -0.2) is 9.97 Å². The zero-order valence-electron chi connectivity index (χ0n) is 19.1. The van der Waals surface area contributed by atoms with E-state index < -0.39 is 5.41 Å². The van der Waals surface area contributed by atoms with Crippen LogP contribution in [-0.2, 0) is 11.2 Å².